The molecule has 0 aliphatic carbocycles. The van der Waals surface area contributed by atoms with Crippen LogP contribution >= 0.6 is 0 Å². The van der Waals surface area contributed by atoms with Gasteiger partial charge in [0.15, 0.2) is 0 Å². The first kappa shape index (κ1) is 7.32. The van der Waals surface area contributed by atoms with Gasteiger partial charge in [0.2, 0.25) is 0 Å². The largest absolute Gasteiger partial charge is 0.216 e. The molecule has 0 saturated carbocycles. The quantitative estimate of drug-likeness (QED) is 0.337. The lowest BCUT2D eigenvalue weighted by Gasteiger charge is -1.80. The highest BCUT2D eigenvalue weighted by Crippen LogP contribution is 1.79. The van der Waals surface area contributed by atoms with Gasteiger partial charge in [-0.15, -0.1) is 0 Å². The van der Waals surface area contributed by atoms with Gasteiger partial charge in [0.05, 0.1) is 6.33 Å². The summed E-state index contributed by atoms with van der Waals surface area (Å²) in [6.45, 7) is 0. The van der Waals surface area contributed by atoms with E-state index in [1.807, 2.05) is 0 Å². The lowest BCUT2D eigenvalue weighted by atomic mass is 10.7. The predicted molar refractivity (Wildman–Crippen MR) is 42.1 cm³/mol. The third-order valence-corrected chi connectivity index (χ3v) is 12.0. The smallest absolute Gasteiger partial charge is 0.0823 e. The highest BCUT2D eigenvalue weighted by molar-refractivity contribution is 7.23. The Bertz CT molecular complexity index is 54.1. The first-order valence-corrected chi connectivity index (χ1v) is 13.3. The normalized spacial score (nSPS) is 14.4. The van der Waals surface area contributed by atoms with Crippen LogP contribution in [0.3, 0.4) is 0 Å². The van der Waals surface area contributed by atoms with Crippen molar-refractivity contribution in [2.45, 2.75) is 6.04 Å². The molecule has 0 nitrogen and oxygen atoms in total. The van der Waals surface area contributed by atoms with Gasteiger partial charge in [0.25, 0.3) is 0 Å². The second kappa shape index (κ2) is 6.32. The van der Waals surface area contributed by atoms with Crippen molar-refractivity contribution in [2.75, 3.05) is 0 Å². The van der Waals surface area contributed by atoms with Gasteiger partial charge < -0.3 is 0 Å². The van der Waals surface area contributed by atoms with E-state index in [1.165, 1.54) is 9.76 Å². The maximum atomic E-state index is 11.2. The summed E-state index contributed by atoms with van der Waals surface area (Å²) in [4.78, 5) is 0. The van der Waals surface area contributed by atoms with Crippen molar-refractivity contribution >= 4 is 27.4 Å². The van der Waals surface area contributed by atoms with E-state index in [2.05, 4.69) is 0 Å². The van der Waals surface area contributed by atoms with Gasteiger partial charge in [-0.1, -0.05) is 6.08 Å². The molecule has 4 heteroatoms. The molecule has 0 unspecified atom stereocenters. The minimum absolute atomic E-state index is 0.285. The molecule has 0 aliphatic rings. The minimum Gasteiger partial charge on any atom is -0.216 e. The average molecular weight is 150 g/mol. The summed E-state index contributed by atoms with van der Waals surface area (Å²) in [6.07, 6.45) is 2.34. The lowest BCUT2D eigenvalue weighted by molar-refractivity contribution is 0.719. The molecule has 0 saturated heterocycles. The second-order valence-electron chi connectivity index (χ2n) is 1.50. The zero-order valence-electron chi connectivity index (χ0n) is 4.65. The first-order chi connectivity index (χ1) is 3.41. The Hall–Kier alpha value is 0.321. The van der Waals surface area contributed by atoms with Gasteiger partial charge in [-0.05, 0) is 24.4 Å². The SMILES string of the molecule is FC=CC[SiH2][SiH2][SiH3]. The molecule has 0 spiro atoms. The number of rotatable bonds is 3. The zero-order chi connectivity index (χ0) is 5.54. The molecule has 0 atom stereocenters. The first-order valence-electron chi connectivity index (χ1n) is 2.67. The van der Waals surface area contributed by atoms with E-state index in [4.69, 9.17) is 0 Å². The van der Waals surface area contributed by atoms with Crippen molar-refractivity contribution in [3.05, 3.63) is 12.4 Å². The molecule has 0 radical (unpaired) electrons. The maximum absolute atomic E-state index is 11.2. The van der Waals surface area contributed by atoms with Crippen LogP contribution in [-0.2, 0) is 0 Å². The molecule has 0 amide bonds. The lowest BCUT2D eigenvalue weighted by Crippen LogP contribution is -1.99. The van der Waals surface area contributed by atoms with Gasteiger partial charge in [-0.2, -0.15) is 0 Å². The van der Waals surface area contributed by atoms with Crippen LogP contribution in [0.2, 0.25) is 6.04 Å². The molecule has 0 heterocycles. The Morgan fingerprint density at radius 1 is 1.71 bits per heavy atom. The molecule has 0 aromatic rings. The van der Waals surface area contributed by atoms with E-state index in [0.717, 1.165) is 6.04 Å². The number of hydrogen-bond acceptors (Lipinski definition) is 0. The van der Waals surface area contributed by atoms with Crippen LogP contribution in [0.25, 0.3) is 0 Å². The fourth-order valence-electron chi connectivity index (χ4n) is 0.385. The van der Waals surface area contributed by atoms with Gasteiger partial charge >= 0.3 is 0 Å². The van der Waals surface area contributed by atoms with Crippen molar-refractivity contribution < 1.29 is 4.39 Å². The molecular weight excluding hydrogens is 139 g/mol. The summed E-state index contributed by atoms with van der Waals surface area (Å²) in [5.41, 5.74) is 0. The van der Waals surface area contributed by atoms with Crippen LogP contribution in [0.1, 0.15) is 0 Å². The van der Waals surface area contributed by atoms with Crippen molar-refractivity contribution in [1.29, 1.82) is 0 Å². The maximum Gasteiger partial charge on any atom is 0.0823 e. The summed E-state index contributed by atoms with van der Waals surface area (Å²) in [7, 11) is 2.19. The number of allylic oxidation sites excluding steroid dienone is 1. The molecular formula is C3H11FSi3. The molecule has 7 heavy (non-hydrogen) atoms. The van der Waals surface area contributed by atoms with E-state index in [9.17, 15) is 4.39 Å². The summed E-state index contributed by atoms with van der Waals surface area (Å²) >= 11 is 0. The zero-order valence-corrected chi connectivity index (χ0v) is 9.48. The summed E-state index contributed by atoms with van der Waals surface area (Å²) in [5.74, 6) is 0. The monoisotopic (exact) mass is 150 g/mol. The standard InChI is InChI=1S/C3H11FSi3/c4-2-1-3-6-7-5/h1-2H,3,6-7H2,5H3. The Kier molecular flexibility index (Phi) is 6.61. The Morgan fingerprint density at radius 2 is 2.43 bits per heavy atom. The van der Waals surface area contributed by atoms with Crippen LogP contribution in [0.15, 0.2) is 12.4 Å². The third kappa shape index (κ3) is 6.32. The number of halogens is 1. The van der Waals surface area contributed by atoms with E-state index < -0.39 is 0 Å². The average Bonchev–Trinajstić information content (AvgIpc) is 1.69. The number of hydrogen-bond donors (Lipinski definition) is 0. The second-order valence-corrected chi connectivity index (χ2v) is 17.9. The fraction of sp³-hybridized carbons (Fsp3) is 0.333. The van der Waals surface area contributed by atoms with Gasteiger partial charge in [-0.3, -0.25) is 0 Å². The predicted octanol–water partition coefficient (Wildman–Crippen LogP) is -1.58. The molecule has 0 fully saturated rings. The Labute approximate surface area is 50.8 Å². The van der Waals surface area contributed by atoms with Crippen molar-refractivity contribution in [2.24, 2.45) is 0 Å². The van der Waals surface area contributed by atoms with E-state index in [-0.39, 0.29) is 9.04 Å². The third-order valence-electron chi connectivity index (χ3n) is 0.813. The van der Waals surface area contributed by atoms with Crippen LogP contribution in [0.4, 0.5) is 4.39 Å². The van der Waals surface area contributed by atoms with Gasteiger partial charge in [0, 0.05) is 9.04 Å². The molecule has 42 valence electrons. The van der Waals surface area contributed by atoms with Crippen LogP contribution in [0, 0.1) is 0 Å². The molecule has 0 aromatic carbocycles. The molecule has 0 bridgehead atoms. The minimum atomic E-state index is 0.285. The van der Waals surface area contributed by atoms with Crippen LogP contribution in [-0.4, -0.2) is 27.4 Å². The Balaban J connectivity index is 2.69. The molecule has 0 rings (SSSR count). The van der Waals surface area contributed by atoms with Crippen molar-refractivity contribution in [3.63, 3.8) is 0 Å². The van der Waals surface area contributed by atoms with Crippen LogP contribution < -0.4 is 0 Å². The van der Waals surface area contributed by atoms with Crippen molar-refractivity contribution in [3.8, 4) is 0 Å². The fourth-order valence-corrected chi connectivity index (χ4v) is 6.76. The molecule has 0 N–H and O–H groups in total. The van der Waals surface area contributed by atoms with Gasteiger partial charge in [-0.25, -0.2) is 4.39 Å². The van der Waals surface area contributed by atoms with Gasteiger partial charge in [0.1, 0.15) is 0 Å². The summed E-state index contributed by atoms with van der Waals surface area (Å²) in [5, 5.41) is 0. The summed E-state index contributed by atoms with van der Waals surface area (Å²) < 4.78 is 11.2. The van der Waals surface area contributed by atoms with Crippen molar-refractivity contribution in [1.82, 2.24) is 0 Å². The highest BCUT2D eigenvalue weighted by Gasteiger charge is 1.76. The van der Waals surface area contributed by atoms with E-state index in [1.54, 1.807) is 6.08 Å². The molecule has 0 aromatic heterocycles. The Morgan fingerprint density at radius 3 is 2.86 bits per heavy atom. The van der Waals surface area contributed by atoms with E-state index in [0.29, 0.717) is 14.9 Å². The summed E-state index contributed by atoms with van der Waals surface area (Å²) in [6, 6.07) is 1.12. The highest BCUT2D eigenvalue weighted by atomic mass is 29.5. The van der Waals surface area contributed by atoms with E-state index >= 15 is 0 Å². The van der Waals surface area contributed by atoms with Crippen LogP contribution in [0.5, 0.6) is 0 Å². The topological polar surface area (TPSA) is 0 Å². The molecule has 0 aliphatic heterocycles.